The van der Waals surface area contributed by atoms with Crippen LogP contribution in [0.1, 0.15) is 51.6 Å². The molecule has 1 aliphatic heterocycles. The highest BCUT2D eigenvalue weighted by Gasteiger charge is 2.29. The Bertz CT molecular complexity index is 427. The number of hydrogen-bond donors (Lipinski definition) is 1. The minimum Gasteiger partial charge on any atom is -0.310 e. The molecule has 0 bridgehead atoms. The van der Waals surface area contributed by atoms with Gasteiger partial charge in [-0.25, -0.2) is 0 Å². The summed E-state index contributed by atoms with van der Waals surface area (Å²) < 4.78 is 0. The van der Waals surface area contributed by atoms with E-state index in [9.17, 15) is 0 Å². The van der Waals surface area contributed by atoms with Crippen molar-refractivity contribution < 1.29 is 0 Å². The van der Waals surface area contributed by atoms with Crippen molar-refractivity contribution in [1.82, 2.24) is 10.2 Å². The Labute approximate surface area is 134 Å². The highest BCUT2D eigenvalue weighted by molar-refractivity contribution is 6.30. The molecule has 2 rings (SSSR count). The molecule has 0 radical (unpaired) electrons. The molecule has 1 aliphatic rings. The average Bonchev–Trinajstić information content (AvgIpc) is 2.80. The van der Waals surface area contributed by atoms with Gasteiger partial charge in [0.15, 0.2) is 0 Å². The van der Waals surface area contributed by atoms with Crippen LogP contribution in [-0.2, 0) is 0 Å². The molecule has 0 amide bonds. The van der Waals surface area contributed by atoms with E-state index in [1.54, 1.807) is 0 Å². The van der Waals surface area contributed by atoms with Crippen molar-refractivity contribution in [3.63, 3.8) is 0 Å². The van der Waals surface area contributed by atoms with Crippen molar-refractivity contribution in [3.8, 4) is 0 Å². The number of nitrogens with one attached hydrogen (secondary N) is 1. The lowest BCUT2D eigenvalue weighted by molar-refractivity contribution is 0.274. The van der Waals surface area contributed by atoms with Gasteiger partial charge in [0.2, 0.25) is 0 Å². The lowest BCUT2D eigenvalue weighted by Crippen LogP contribution is -2.29. The molecule has 1 aromatic rings. The summed E-state index contributed by atoms with van der Waals surface area (Å²) in [6.45, 7) is 11.7. The first-order valence-electron chi connectivity index (χ1n) is 8.21. The van der Waals surface area contributed by atoms with E-state index in [1.807, 2.05) is 12.1 Å². The first-order valence-corrected chi connectivity index (χ1v) is 8.59. The van der Waals surface area contributed by atoms with Crippen molar-refractivity contribution in [2.45, 2.75) is 46.1 Å². The van der Waals surface area contributed by atoms with Gasteiger partial charge in [0.1, 0.15) is 0 Å². The fourth-order valence-corrected chi connectivity index (χ4v) is 3.25. The molecule has 2 nitrogen and oxygen atoms in total. The predicted octanol–water partition coefficient (Wildman–Crippen LogP) is 4.50. The standard InChI is InChI=1S/C18H29ClN2/c1-4-11-20-17(15-5-7-16(19)8-6-15)9-12-21-13-10-18(2,3)14-21/h5-8,17,20H,4,9-14H2,1-3H3. The Morgan fingerprint density at radius 3 is 2.57 bits per heavy atom. The Hall–Kier alpha value is -0.570. The number of nitrogens with zero attached hydrogens (tertiary/aromatic N) is 1. The molecule has 0 spiro atoms. The van der Waals surface area contributed by atoms with Gasteiger partial charge in [-0.3, -0.25) is 0 Å². The van der Waals surface area contributed by atoms with Gasteiger partial charge in [-0.2, -0.15) is 0 Å². The van der Waals surface area contributed by atoms with Gasteiger partial charge in [0, 0.05) is 17.6 Å². The predicted molar refractivity (Wildman–Crippen MR) is 91.9 cm³/mol. The first-order chi connectivity index (χ1) is 10.00. The number of rotatable bonds is 7. The molecule has 0 aliphatic carbocycles. The van der Waals surface area contributed by atoms with Crippen molar-refractivity contribution in [3.05, 3.63) is 34.9 Å². The largest absolute Gasteiger partial charge is 0.310 e. The van der Waals surface area contributed by atoms with E-state index >= 15 is 0 Å². The summed E-state index contributed by atoms with van der Waals surface area (Å²) in [5.41, 5.74) is 1.85. The average molecular weight is 309 g/mol. The van der Waals surface area contributed by atoms with Crippen molar-refractivity contribution in [2.75, 3.05) is 26.2 Å². The molecule has 3 heteroatoms. The second kappa shape index (κ2) is 7.62. The van der Waals surface area contributed by atoms with E-state index in [2.05, 4.69) is 43.1 Å². The minimum atomic E-state index is 0.436. The molecule has 0 aromatic heterocycles. The van der Waals surface area contributed by atoms with E-state index < -0.39 is 0 Å². The van der Waals surface area contributed by atoms with Crippen LogP contribution in [0.25, 0.3) is 0 Å². The normalized spacial score (nSPS) is 19.8. The highest BCUT2D eigenvalue weighted by atomic mass is 35.5. The monoisotopic (exact) mass is 308 g/mol. The fraction of sp³-hybridized carbons (Fsp3) is 0.667. The van der Waals surface area contributed by atoms with Crippen molar-refractivity contribution in [2.24, 2.45) is 5.41 Å². The first kappa shape index (κ1) is 16.8. The molecule has 1 heterocycles. The third kappa shape index (κ3) is 5.28. The zero-order chi connectivity index (χ0) is 15.3. The summed E-state index contributed by atoms with van der Waals surface area (Å²) >= 11 is 6.00. The van der Waals surface area contributed by atoms with Gasteiger partial charge in [-0.15, -0.1) is 0 Å². The summed E-state index contributed by atoms with van der Waals surface area (Å²) in [6.07, 6.45) is 3.65. The van der Waals surface area contributed by atoms with Gasteiger partial charge in [-0.1, -0.05) is 44.5 Å². The van der Waals surface area contributed by atoms with Crippen LogP contribution >= 0.6 is 11.6 Å². The third-order valence-electron chi connectivity index (χ3n) is 4.40. The zero-order valence-electron chi connectivity index (χ0n) is 13.7. The number of hydrogen-bond acceptors (Lipinski definition) is 2. The molecular formula is C18H29ClN2. The van der Waals surface area contributed by atoms with E-state index in [0.717, 1.165) is 18.0 Å². The van der Waals surface area contributed by atoms with Crippen LogP contribution in [0.5, 0.6) is 0 Å². The molecular weight excluding hydrogens is 280 g/mol. The van der Waals surface area contributed by atoms with Gasteiger partial charge in [0.25, 0.3) is 0 Å². The topological polar surface area (TPSA) is 15.3 Å². The smallest absolute Gasteiger partial charge is 0.0406 e. The molecule has 21 heavy (non-hydrogen) atoms. The van der Waals surface area contributed by atoms with Gasteiger partial charge in [0.05, 0.1) is 0 Å². The van der Waals surface area contributed by atoms with Crippen LogP contribution in [0.2, 0.25) is 5.02 Å². The lowest BCUT2D eigenvalue weighted by Gasteiger charge is -2.24. The summed E-state index contributed by atoms with van der Waals surface area (Å²) in [5, 5.41) is 4.49. The maximum atomic E-state index is 6.00. The Kier molecular flexibility index (Phi) is 6.09. The van der Waals surface area contributed by atoms with Crippen molar-refractivity contribution in [1.29, 1.82) is 0 Å². The van der Waals surface area contributed by atoms with Gasteiger partial charge in [-0.05, 0) is 62.0 Å². The maximum Gasteiger partial charge on any atom is 0.0406 e. The molecule has 0 saturated carbocycles. The van der Waals surface area contributed by atoms with Crippen LogP contribution in [0.4, 0.5) is 0 Å². The van der Waals surface area contributed by atoms with Crippen LogP contribution in [0, 0.1) is 5.41 Å². The summed E-state index contributed by atoms with van der Waals surface area (Å²) in [4.78, 5) is 2.61. The van der Waals surface area contributed by atoms with Crippen LogP contribution < -0.4 is 5.32 Å². The van der Waals surface area contributed by atoms with E-state index in [0.29, 0.717) is 11.5 Å². The minimum absolute atomic E-state index is 0.436. The molecule has 1 fully saturated rings. The third-order valence-corrected chi connectivity index (χ3v) is 4.66. The van der Waals surface area contributed by atoms with E-state index in [1.165, 1.54) is 38.0 Å². The Morgan fingerprint density at radius 2 is 2.00 bits per heavy atom. The highest BCUT2D eigenvalue weighted by Crippen LogP contribution is 2.29. The Morgan fingerprint density at radius 1 is 1.29 bits per heavy atom. The fourth-order valence-electron chi connectivity index (χ4n) is 3.13. The van der Waals surface area contributed by atoms with Crippen LogP contribution in [-0.4, -0.2) is 31.1 Å². The number of likely N-dealkylation sites (tertiary alicyclic amines) is 1. The van der Waals surface area contributed by atoms with Crippen LogP contribution in [0.3, 0.4) is 0 Å². The zero-order valence-corrected chi connectivity index (χ0v) is 14.4. The second-order valence-corrected chi connectivity index (χ2v) is 7.47. The SMILES string of the molecule is CCCNC(CCN1CCC(C)(C)C1)c1ccc(Cl)cc1. The molecule has 1 aromatic carbocycles. The van der Waals surface area contributed by atoms with E-state index in [-0.39, 0.29) is 0 Å². The summed E-state index contributed by atoms with van der Waals surface area (Å²) in [5.74, 6) is 0. The molecule has 118 valence electrons. The summed E-state index contributed by atoms with van der Waals surface area (Å²) in [6, 6.07) is 8.74. The quantitative estimate of drug-likeness (QED) is 0.797. The second-order valence-electron chi connectivity index (χ2n) is 7.04. The maximum absolute atomic E-state index is 6.00. The molecule has 1 atom stereocenters. The molecule has 1 N–H and O–H groups in total. The number of benzene rings is 1. The molecule has 1 saturated heterocycles. The summed E-state index contributed by atoms with van der Waals surface area (Å²) in [7, 11) is 0. The van der Waals surface area contributed by atoms with Crippen molar-refractivity contribution >= 4 is 11.6 Å². The van der Waals surface area contributed by atoms with Crippen LogP contribution in [0.15, 0.2) is 24.3 Å². The molecule has 1 unspecified atom stereocenters. The van der Waals surface area contributed by atoms with Gasteiger partial charge < -0.3 is 10.2 Å². The van der Waals surface area contributed by atoms with E-state index in [4.69, 9.17) is 11.6 Å². The lowest BCUT2D eigenvalue weighted by atomic mass is 9.93. The Balaban J connectivity index is 1.92. The van der Waals surface area contributed by atoms with Gasteiger partial charge >= 0.3 is 0 Å². The number of halogens is 1.